The van der Waals surface area contributed by atoms with E-state index in [1.54, 1.807) is 0 Å². The van der Waals surface area contributed by atoms with E-state index in [-0.39, 0.29) is 5.91 Å². The van der Waals surface area contributed by atoms with Gasteiger partial charge in [0.2, 0.25) is 5.91 Å². The van der Waals surface area contributed by atoms with Gasteiger partial charge in [0, 0.05) is 11.4 Å². The van der Waals surface area contributed by atoms with Crippen LogP contribution in [-0.4, -0.2) is 12.5 Å². The third kappa shape index (κ3) is 3.77. The molecule has 1 aromatic carbocycles. The molecule has 1 aromatic rings. The van der Waals surface area contributed by atoms with Gasteiger partial charge in [-0.2, -0.15) is 0 Å². The molecule has 1 fully saturated rings. The van der Waals surface area contributed by atoms with Crippen molar-refractivity contribution in [3.63, 3.8) is 0 Å². The lowest BCUT2D eigenvalue weighted by Gasteiger charge is -2.14. The quantitative estimate of drug-likeness (QED) is 0.758. The van der Waals surface area contributed by atoms with Gasteiger partial charge in [0.05, 0.1) is 6.42 Å². The summed E-state index contributed by atoms with van der Waals surface area (Å²) in [5, 5.41) is 3.08. The molecule has 1 amide bonds. The molecule has 1 aliphatic carbocycles. The minimum absolute atomic E-state index is 0.129. The Morgan fingerprint density at radius 2 is 2.00 bits per heavy atom. The molecule has 0 atom stereocenters. The number of amides is 1. The Kier molecular flexibility index (Phi) is 4.33. The van der Waals surface area contributed by atoms with Crippen LogP contribution in [0, 0.1) is 5.41 Å². The molecule has 0 bridgehead atoms. The van der Waals surface area contributed by atoms with E-state index in [0.29, 0.717) is 11.8 Å². The van der Waals surface area contributed by atoms with Gasteiger partial charge in [-0.05, 0) is 42.4 Å². The summed E-state index contributed by atoms with van der Waals surface area (Å²) in [5.74, 6) is 0.129. The lowest BCUT2D eigenvalue weighted by Crippen LogP contribution is -2.31. The fourth-order valence-corrected chi connectivity index (χ4v) is 2.52. The first-order chi connectivity index (χ1) is 8.63. The van der Waals surface area contributed by atoms with Gasteiger partial charge in [-0.25, -0.2) is 0 Å². The van der Waals surface area contributed by atoms with E-state index >= 15 is 0 Å². The summed E-state index contributed by atoms with van der Waals surface area (Å²) in [6.45, 7) is 3.06. The first-order valence-corrected chi connectivity index (χ1v) is 7.13. The van der Waals surface area contributed by atoms with Crippen LogP contribution >= 0.6 is 12.6 Å². The van der Waals surface area contributed by atoms with Gasteiger partial charge in [0.1, 0.15) is 0 Å². The Hall–Kier alpha value is -0.960. The van der Waals surface area contributed by atoms with Gasteiger partial charge in [-0.3, -0.25) is 4.79 Å². The lowest BCUT2D eigenvalue weighted by molar-refractivity contribution is -0.120. The predicted octanol–water partition coefficient (Wildman–Crippen LogP) is 3.21. The number of hydrogen-bond donors (Lipinski definition) is 2. The maximum atomic E-state index is 11.8. The third-order valence-corrected chi connectivity index (χ3v) is 4.00. The van der Waals surface area contributed by atoms with Crippen molar-refractivity contribution in [1.29, 1.82) is 0 Å². The highest BCUT2D eigenvalue weighted by Gasteiger charge is 2.41. The Balaban J connectivity index is 1.77. The van der Waals surface area contributed by atoms with E-state index in [0.717, 1.165) is 17.0 Å². The summed E-state index contributed by atoms with van der Waals surface area (Å²) in [6, 6.07) is 7.76. The summed E-state index contributed by atoms with van der Waals surface area (Å²) < 4.78 is 0. The summed E-state index contributed by atoms with van der Waals surface area (Å²) in [7, 11) is 0. The summed E-state index contributed by atoms with van der Waals surface area (Å²) >= 11 is 4.23. The molecule has 1 N–H and O–H groups in total. The van der Waals surface area contributed by atoms with Crippen LogP contribution in [0.2, 0.25) is 0 Å². The summed E-state index contributed by atoms with van der Waals surface area (Å²) in [6.07, 6.45) is 5.46. The Bertz CT molecular complexity index is 409. The van der Waals surface area contributed by atoms with Crippen molar-refractivity contribution in [1.82, 2.24) is 5.32 Å². The third-order valence-electron chi connectivity index (χ3n) is 3.70. The average Bonchev–Trinajstić information content (AvgIpc) is 3.11. The standard InChI is InChI=1S/C15H21NOS/c1-2-7-15(8-9-15)11-16-14(17)10-12-3-5-13(18)6-4-12/h3-6,18H,2,7-11H2,1H3,(H,16,17). The minimum Gasteiger partial charge on any atom is -0.355 e. The number of carbonyl (C=O) groups is 1. The van der Waals surface area contributed by atoms with Crippen LogP contribution in [0.5, 0.6) is 0 Å². The molecule has 0 spiro atoms. The van der Waals surface area contributed by atoms with E-state index < -0.39 is 0 Å². The highest BCUT2D eigenvalue weighted by molar-refractivity contribution is 7.80. The van der Waals surface area contributed by atoms with Gasteiger partial charge < -0.3 is 5.32 Å². The molecule has 3 heteroatoms. The molecule has 0 aliphatic heterocycles. The number of carbonyl (C=O) groups excluding carboxylic acids is 1. The topological polar surface area (TPSA) is 29.1 Å². The van der Waals surface area contributed by atoms with Gasteiger partial charge in [0.25, 0.3) is 0 Å². The van der Waals surface area contributed by atoms with Crippen LogP contribution in [0.25, 0.3) is 0 Å². The van der Waals surface area contributed by atoms with Gasteiger partial charge in [0.15, 0.2) is 0 Å². The van der Waals surface area contributed by atoms with Crippen LogP contribution in [-0.2, 0) is 11.2 Å². The monoisotopic (exact) mass is 263 g/mol. The summed E-state index contributed by atoms with van der Waals surface area (Å²) in [4.78, 5) is 12.8. The van der Waals surface area contributed by atoms with Crippen molar-refractivity contribution in [2.75, 3.05) is 6.54 Å². The molecular weight excluding hydrogens is 242 g/mol. The van der Waals surface area contributed by atoms with Gasteiger partial charge in [-0.1, -0.05) is 25.5 Å². The number of benzene rings is 1. The molecule has 2 nitrogen and oxygen atoms in total. The van der Waals surface area contributed by atoms with Crippen molar-refractivity contribution in [2.45, 2.75) is 43.9 Å². The molecule has 1 saturated carbocycles. The zero-order valence-corrected chi connectivity index (χ0v) is 11.8. The smallest absolute Gasteiger partial charge is 0.224 e. The van der Waals surface area contributed by atoms with Gasteiger partial charge >= 0.3 is 0 Å². The second kappa shape index (κ2) is 5.79. The zero-order valence-electron chi connectivity index (χ0n) is 10.9. The van der Waals surface area contributed by atoms with E-state index in [1.165, 1.54) is 25.7 Å². The first kappa shape index (κ1) is 13.5. The van der Waals surface area contributed by atoms with Crippen LogP contribution in [0.15, 0.2) is 29.2 Å². The van der Waals surface area contributed by atoms with Crippen LogP contribution in [0.4, 0.5) is 0 Å². The fraction of sp³-hybridized carbons (Fsp3) is 0.533. The van der Waals surface area contributed by atoms with Crippen LogP contribution < -0.4 is 5.32 Å². The van der Waals surface area contributed by atoms with E-state index in [1.807, 2.05) is 24.3 Å². The van der Waals surface area contributed by atoms with Crippen LogP contribution in [0.3, 0.4) is 0 Å². The number of thiol groups is 1. The Labute approximate surface area is 115 Å². The fourth-order valence-electron chi connectivity index (χ4n) is 2.37. The zero-order chi connectivity index (χ0) is 13.0. The highest BCUT2D eigenvalue weighted by atomic mass is 32.1. The normalized spacial score (nSPS) is 16.3. The Morgan fingerprint density at radius 1 is 1.33 bits per heavy atom. The molecule has 2 rings (SSSR count). The average molecular weight is 263 g/mol. The van der Waals surface area contributed by atoms with Gasteiger partial charge in [-0.15, -0.1) is 12.6 Å². The molecule has 1 aliphatic rings. The second-order valence-corrected chi connectivity index (χ2v) is 5.89. The van der Waals surface area contributed by atoms with E-state index in [4.69, 9.17) is 0 Å². The SMILES string of the molecule is CCCC1(CNC(=O)Cc2ccc(S)cc2)CC1. The maximum Gasteiger partial charge on any atom is 0.224 e. The van der Waals surface area contributed by atoms with Crippen LogP contribution in [0.1, 0.15) is 38.2 Å². The molecule has 98 valence electrons. The predicted molar refractivity (Wildman–Crippen MR) is 77.0 cm³/mol. The molecule has 0 aromatic heterocycles. The largest absolute Gasteiger partial charge is 0.355 e. The molecular formula is C15H21NOS. The first-order valence-electron chi connectivity index (χ1n) is 6.68. The summed E-state index contributed by atoms with van der Waals surface area (Å²) in [5.41, 5.74) is 1.48. The molecule has 0 radical (unpaired) electrons. The van der Waals surface area contributed by atoms with Crippen molar-refractivity contribution in [3.8, 4) is 0 Å². The number of hydrogen-bond acceptors (Lipinski definition) is 2. The highest BCUT2D eigenvalue weighted by Crippen LogP contribution is 2.48. The molecule has 0 unspecified atom stereocenters. The molecule has 0 heterocycles. The molecule has 0 saturated heterocycles. The van der Waals surface area contributed by atoms with E-state index in [2.05, 4.69) is 24.9 Å². The minimum atomic E-state index is 0.129. The number of nitrogens with one attached hydrogen (secondary N) is 1. The van der Waals surface area contributed by atoms with Crippen molar-refractivity contribution in [2.24, 2.45) is 5.41 Å². The molecule has 18 heavy (non-hydrogen) atoms. The van der Waals surface area contributed by atoms with Crippen molar-refractivity contribution in [3.05, 3.63) is 29.8 Å². The Morgan fingerprint density at radius 3 is 2.56 bits per heavy atom. The second-order valence-electron chi connectivity index (χ2n) is 5.37. The lowest BCUT2D eigenvalue weighted by atomic mass is 10.0. The maximum absolute atomic E-state index is 11.8. The van der Waals surface area contributed by atoms with E-state index in [9.17, 15) is 4.79 Å². The van der Waals surface area contributed by atoms with Crippen molar-refractivity contribution < 1.29 is 4.79 Å². The van der Waals surface area contributed by atoms with Crippen molar-refractivity contribution >= 4 is 18.5 Å². The number of rotatable bonds is 6.